The van der Waals surface area contributed by atoms with Crippen LogP contribution < -0.4 is 10.6 Å². The topological polar surface area (TPSA) is 52.8 Å². The number of furan rings is 1. The molecule has 0 bridgehead atoms. The van der Waals surface area contributed by atoms with Crippen LogP contribution in [0.4, 0.5) is 4.39 Å². The Labute approximate surface area is 171 Å². The van der Waals surface area contributed by atoms with Crippen LogP contribution in [-0.4, -0.2) is 37.5 Å². The zero-order valence-electron chi connectivity index (χ0n) is 15.0. The third-order valence-corrected chi connectivity index (χ3v) is 4.49. The van der Waals surface area contributed by atoms with E-state index in [4.69, 9.17) is 4.42 Å². The van der Waals surface area contributed by atoms with Gasteiger partial charge in [0.15, 0.2) is 5.96 Å². The molecule has 7 heteroatoms. The maximum absolute atomic E-state index is 13.3. The average molecular weight is 472 g/mol. The number of nitrogens with one attached hydrogen (secondary N) is 2. The smallest absolute Gasteiger partial charge is 0.191 e. The van der Waals surface area contributed by atoms with E-state index < -0.39 is 0 Å². The molecule has 1 aliphatic heterocycles. The van der Waals surface area contributed by atoms with Gasteiger partial charge in [0, 0.05) is 20.1 Å². The van der Waals surface area contributed by atoms with Crippen LogP contribution in [0.3, 0.4) is 0 Å². The summed E-state index contributed by atoms with van der Waals surface area (Å²) < 4.78 is 18.9. The van der Waals surface area contributed by atoms with Gasteiger partial charge in [0.2, 0.25) is 0 Å². The van der Waals surface area contributed by atoms with E-state index in [1.165, 1.54) is 25.0 Å². The predicted molar refractivity (Wildman–Crippen MR) is 112 cm³/mol. The van der Waals surface area contributed by atoms with Gasteiger partial charge in [-0.05, 0) is 55.8 Å². The molecule has 0 spiro atoms. The van der Waals surface area contributed by atoms with Crippen molar-refractivity contribution in [2.45, 2.75) is 25.4 Å². The van der Waals surface area contributed by atoms with Crippen LogP contribution in [0, 0.1) is 5.82 Å². The maximum atomic E-state index is 13.3. The summed E-state index contributed by atoms with van der Waals surface area (Å²) in [6.45, 7) is 3.40. The number of halogens is 2. The highest BCUT2D eigenvalue weighted by Crippen LogP contribution is 2.24. The highest BCUT2D eigenvalue weighted by atomic mass is 127. The summed E-state index contributed by atoms with van der Waals surface area (Å²) in [6, 6.07) is 10.7. The Morgan fingerprint density at radius 3 is 2.69 bits per heavy atom. The Bertz CT molecular complexity index is 687. The number of nitrogens with zero attached hydrogens (tertiary/aromatic N) is 2. The van der Waals surface area contributed by atoms with Crippen molar-refractivity contribution in [3.63, 3.8) is 0 Å². The summed E-state index contributed by atoms with van der Waals surface area (Å²) in [6.07, 6.45) is 4.17. The van der Waals surface area contributed by atoms with Crippen LogP contribution >= 0.6 is 24.0 Å². The van der Waals surface area contributed by atoms with Crippen LogP contribution in [0.5, 0.6) is 0 Å². The molecule has 0 radical (unpaired) electrons. The van der Waals surface area contributed by atoms with E-state index in [9.17, 15) is 4.39 Å². The second-order valence-electron chi connectivity index (χ2n) is 6.21. The minimum atomic E-state index is -0.228. The number of likely N-dealkylation sites (tertiary alicyclic amines) is 1. The van der Waals surface area contributed by atoms with Gasteiger partial charge in [-0.25, -0.2) is 4.39 Å². The normalized spacial score (nSPS) is 16.2. The van der Waals surface area contributed by atoms with Gasteiger partial charge in [0.25, 0.3) is 0 Å². The number of aliphatic imine (C=N–C) groups is 1. The third-order valence-electron chi connectivity index (χ3n) is 4.49. The monoisotopic (exact) mass is 472 g/mol. The summed E-state index contributed by atoms with van der Waals surface area (Å²) in [5.41, 5.74) is 0.880. The number of benzene rings is 1. The molecule has 1 atom stereocenters. The molecule has 1 aliphatic rings. The molecular weight excluding hydrogens is 446 g/mol. The molecule has 26 heavy (non-hydrogen) atoms. The van der Waals surface area contributed by atoms with Crippen molar-refractivity contribution < 1.29 is 8.81 Å². The van der Waals surface area contributed by atoms with Crippen molar-refractivity contribution in [2.24, 2.45) is 4.99 Å². The van der Waals surface area contributed by atoms with E-state index in [0.717, 1.165) is 24.4 Å². The quantitative estimate of drug-likeness (QED) is 0.384. The molecule has 0 saturated carbocycles. The van der Waals surface area contributed by atoms with E-state index >= 15 is 0 Å². The zero-order valence-corrected chi connectivity index (χ0v) is 17.3. The molecule has 2 aromatic rings. The average Bonchev–Trinajstić information content (AvgIpc) is 3.32. The second-order valence-corrected chi connectivity index (χ2v) is 6.21. The molecule has 1 fully saturated rings. The minimum absolute atomic E-state index is 0. The van der Waals surface area contributed by atoms with Gasteiger partial charge in [-0.2, -0.15) is 0 Å². The van der Waals surface area contributed by atoms with Crippen LogP contribution in [0.2, 0.25) is 0 Å². The lowest BCUT2D eigenvalue weighted by atomic mass is 10.2. The summed E-state index contributed by atoms with van der Waals surface area (Å²) >= 11 is 0. The molecule has 2 heterocycles. The maximum Gasteiger partial charge on any atom is 0.191 e. The number of guanidine groups is 1. The molecule has 1 aromatic heterocycles. The van der Waals surface area contributed by atoms with Gasteiger partial charge in [-0.3, -0.25) is 9.89 Å². The van der Waals surface area contributed by atoms with Crippen molar-refractivity contribution in [1.29, 1.82) is 0 Å². The molecule has 0 aliphatic carbocycles. The highest BCUT2D eigenvalue weighted by Gasteiger charge is 2.25. The second kappa shape index (κ2) is 10.5. The Kier molecular flexibility index (Phi) is 8.37. The van der Waals surface area contributed by atoms with Crippen LogP contribution in [0.15, 0.2) is 52.1 Å². The van der Waals surface area contributed by atoms with Gasteiger partial charge in [-0.1, -0.05) is 12.1 Å². The summed E-state index contributed by atoms with van der Waals surface area (Å²) in [4.78, 5) is 6.69. The standard InChI is InChI=1S/C19H25FN4O.HI/c1-21-19(22-13-15-6-4-7-16(20)12-15)23-14-17(18-8-5-11-25-18)24-9-2-3-10-24;/h4-8,11-12,17H,2-3,9-10,13-14H2,1H3,(H2,21,22,23);1H. The molecular formula is C19H26FIN4O. The zero-order chi connectivity index (χ0) is 17.5. The van der Waals surface area contributed by atoms with Crippen LogP contribution in [0.1, 0.15) is 30.2 Å². The van der Waals surface area contributed by atoms with Crippen molar-refractivity contribution in [3.8, 4) is 0 Å². The lowest BCUT2D eigenvalue weighted by Crippen LogP contribution is -2.42. The largest absolute Gasteiger partial charge is 0.468 e. The molecule has 1 unspecified atom stereocenters. The van der Waals surface area contributed by atoms with Crippen molar-refractivity contribution in [1.82, 2.24) is 15.5 Å². The van der Waals surface area contributed by atoms with Gasteiger partial charge in [0.05, 0.1) is 12.3 Å². The molecule has 5 nitrogen and oxygen atoms in total. The molecule has 3 rings (SSSR count). The van der Waals surface area contributed by atoms with E-state index in [1.54, 1.807) is 19.4 Å². The number of rotatable bonds is 6. The fourth-order valence-electron chi connectivity index (χ4n) is 3.19. The van der Waals surface area contributed by atoms with E-state index in [-0.39, 0.29) is 35.8 Å². The third kappa shape index (κ3) is 5.70. The van der Waals surface area contributed by atoms with Crippen molar-refractivity contribution >= 4 is 29.9 Å². The molecule has 142 valence electrons. The summed E-state index contributed by atoms with van der Waals surface area (Å²) in [5, 5.41) is 6.59. The van der Waals surface area contributed by atoms with Gasteiger partial charge >= 0.3 is 0 Å². The Hall–Kier alpha value is -1.61. The fourth-order valence-corrected chi connectivity index (χ4v) is 3.19. The van der Waals surface area contributed by atoms with Gasteiger partial charge in [-0.15, -0.1) is 24.0 Å². The lowest BCUT2D eigenvalue weighted by Gasteiger charge is -2.26. The van der Waals surface area contributed by atoms with E-state index in [0.29, 0.717) is 19.0 Å². The van der Waals surface area contributed by atoms with E-state index in [2.05, 4.69) is 20.5 Å². The predicted octanol–water partition coefficient (Wildman–Crippen LogP) is 3.54. The number of hydrogen-bond donors (Lipinski definition) is 2. The van der Waals surface area contributed by atoms with Gasteiger partial charge < -0.3 is 15.1 Å². The molecule has 2 N–H and O–H groups in total. The highest BCUT2D eigenvalue weighted by molar-refractivity contribution is 14.0. The molecule has 0 amide bonds. The first-order valence-electron chi connectivity index (χ1n) is 8.72. The van der Waals surface area contributed by atoms with Gasteiger partial charge in [0.1, 0.15) is 11.6 Å². The summed E-state index contributed by atoms with van der Waals surface area (Å²) in [7, 11) is 1.73. The minimum Gasteiger partial charge on any atom is -0.468 e. The van der Waals surface area contributed by atoms with Crippen molar-refractivity contribution in [3.05, 3.63) is 59.8 Å². The fraction of sp³-hybridized carbons (Fsp3) is 0.421. The Morgan fingerprint density at radius 1 is 1.23 bits per heavy atom. The van der Waals surface area contributed by atoms with E-state index in [1.807, 2.05) is 18.2 Å². The van der Waals surface area contributed by atoms with Crippen LogP contribution in [-0.2, 0) is 6.54 Å². The molecule has 1 aromatic carbocycles. The number of hydrogen-bond acceptors (Lipinski definition) is 3. The first-order chi connectivity index (χ1) is 12.3. The van der Waals surface area contributed by atoms with Crippen molar-refractivity contribution in [2.75, 3.05) is 26.7 Å². The first-order valence-corrected chi connectivity index (χ1v) is 8.72. The Morgan fingerprint density at radius 2 is 2.04 bits per heavy atom. The summed E-state index contributed by atoms with van der Waals surface area (Å²) in [5.74, 6) is 1.43. The Balaban J connectivity index is 0.00000243. The first kappa shape index (κ1) is 20.7. The SMILES string of the molecule is CN=C(NCc1cccc(F)c1)NCC(c1ccco1)N1CCCC1.I. The lowest BCUT2D eigenvalue weighted by molar-refractivity contribution is 0.215. The molecule has 1 saturated heterocycles. The van der Waals surface area contributed by atoms with Crippen LogP contribution in [0.25, 0.3) is 0 Å².